The molecule has 1 saturated heterocycles. The van der Waals surface area contributed by atoms with Crippen molar-refractivity contribution >= 4 is 48.0 Å². The quantitative estimate of drug-likeness (QED) is 0.537. The van der Waals surface area contributed by atoms with Crippen molar-refractivity contribution in [2.45, 2.75) is 40.5 Å². The number of aromatic amines is 1. The number of nitrogens with zero attached hydrogens (tertiary/aromatic N) is 3. The molecule has 0 unspecified atom stereocenters. The molecule has 13 heteroatoms. The predicted octanol–water partition coefficient (Wildman–Crippen LogP) is 2.12. The average molecular weight is 522 g/mol. The highest BCUT2D eigenvalue weighted by Crippen LogP contribution is 2.38. The number of hydrogen-bond acceptors (Lipinski definition) is 7. The Morgan fingerprint density at radius 3 is 2.65 bits per heavy atom. The lowest BCUT2D eigenvalue weighted by molar-refractivity contribution is 0.270. The summed E-state index contributed by atoms with van der Waals surface area (Å²) in [5, 5.41) is 0.361. The van der Waals surface area contributed by atoms with E-state index in [2.05, 4.69) is 14.1 Å². The Morgan fingerprint density at radius 2 is 1.91 bits per heavy atom. The van der Waals surface area contributed by atoms with Gasteiger partial charge in [-0.3, -0.25) is 4.57 Å². The zero-order valence-electron chi connectivity index (χ0n) is 18.3. The number of fused-ring (bicyclic) bond motifs is 2. The summed E-state index contributed by atoms with van der Waals surface area (Å²) in [6.45, 7) is 2.93. The minimum Gasteiger partial charge on any atom is -0.350 e. The van der Waals surface area contributed by atoms with Gasteiger partial charge >= 0.3 is 5.69 Å². The first-order valence-corrected chi connectivity index (χ1v) is 14.5. The monoisotopic (exact) mass is 521 g/mol. The van der Waals surface area contributed by atoms with E-state index in [1.54, 1.807) is 11.5 Å². The van der Waals surface area contributed by atoms with Crippen molar-refractivity contribution in [2.75, 3.05) is 19.6 Å². The fourth-order valence-corrected chi connectivity index (χ4v) is 8.21. The molecule has 2 aliphatic rings. The number of hydrogen-bond donors (Lipinski definition) is 2. The molecule has 0 radical (unpaired) electrons. The minimum absolute atomic E-state index is 0.00295. The predicted molar refractivity (Wildman–Crippen MR) is 130 cm³/mol. The van der Waals surface area contributed by atoms with Gasteiger partial charge in [0.25, 0.3) is 10.0 Å². The molecule has 0 spiro atoms. The van der Waals surface area contributed by atoms with Crippen molar-refractivity contribution in [2.24, 2.45) is 4.40 Å². The molecule has 180 valence electrons. The zero-order chi connectivity index (χ0) is 24.1. The van der Waals surface area contributed by atoms with Crippen LogP contribution in [0.25, 0.3) is 11.0 Å². The van der Waals surface area contributed by atoms with E-state index in [0.29, 0.717) is 36.0 Å². The van der Waals surface area contributed by atoms with Crippen LogP contribution in [0.4, 0.5) is 0 Å². The van der Waals surface area contributed by atoms with Crippen LogP contribution < -0.4 is 10.4 Å². The summed E-state index contributed by atoms with van der Waals surface area (Å²) >= 11 is 1.21. The van der Waals surface area contributed by atoms with Gasteiger partial charge in [-0.15, -0.1) is 4.40 Å². The van der Waals surface area contributed by atoms with Crippen LogP contribution in [-0.4, -0.2) is 56.1 Å². The molecule has 3 heterocycles. The summed E-state index contributed by atoms with van der Waals surface area (Å²) < 4.78 is 58.5. The molecule has 34 heavy (non-hydrogen) atoms. The van der Waals surface area contributed by atoms with Gasteiger partial charge in [-0.05, 0) is 54.9 Å². The minimum atomic E-state index is -4.06. The van der Waals surface area contributed by atoms with Crippen LogP contribution in [0.2, 0.25) is 0 Å². The molecule has 0 aliphatic carbocycles. The molecule has 2 aromatic carbocycles. The summed E-state index contributed by atoms with van der Waals surface area (Å²) in [7, 11) is -7.85. The van der Waals surface area contributed by atoms with Crippen LogP contribution in [0.3, 0.4) is 0 Å². The SMILES string of the molecule is CCNS(=O)(=O)c1ccc2c(c1)S(=O)(=O)N=C(N1CCC(n3c(=O)[nH]c4ccccc43)CC1)S2. The molecule has 0 bridgehead atoms. The van der Waals surface area contributed by atoms with Crippen molar-refractivity contribution < 1.29 is 16.8 Å². The molecule has 0 saturated carbocycles. The maximum absolute atomic E-state index is 12.9. The molecule has 1 fully saturated rings. The van der Waals surface area contributed by atoms with Gasteiger partial charge in [0.05, 0.1) is 15.9 Å². The molecular formula is C21H23N5O5S3. The normalized spacial score (nSPS) is 18.6. The van der Waals surface area contributed by atoms with Crippen molar-refractivity contribution in [3.8, 4) is 0 Å². The second-order valence-electron chi connectivity index (χ2n) is 8.10. The van der Waals surface area contributed by atoms with E-state index in [1.807, 2.05) is 29.2 Å². The second kappa shape index (κ2) is 8.56. The van der Waals surface area contributed by atoms with Crippen molar-refractivity contribution in [3.05, 3.63) is 52.9 Å². The number of H-pyrrole nitrogens is 1. The van der Waals surface area contributed by atoms with E-state index >= 15 is 0 Å². The topological polar surface area (TPSA) is 134 Å². The van der Waals surface area contributed by atoms with Crippen LogP contribution in [0, 0.1) is 0 Å². The van der Waals surface area contributed by atoms with E-state index < -0.39 is 20.0 Å². The molecule has 2 aliphatic heterocycles. The van der Waals surface area contributed by atoms with Gasteiger partial charge in [0.2, 0.25) is 10.0 Å². The lowest BCUT2D eigenvalue weighted by Gasteiger charge is -2.35. The number of para-hydroxylation sites is 2. The maximum Gasteiger partial charge on any atom is 0.326 e. The van der Waals surface area contributed by atoms with Gasteiger partial charge in [-0.25, -0.2) is 17.9 Å². The number of likely N-dealkylation sites (tertiary alicyclic amines) is 1. The van der Waals surface area contributed by atoms with Gasteiger partial charge < -0.3 is 9.88 Å². The van der Waals surface area contributed by atoms with Crippen molar-refractivity contribution in [1.82, 2.24) is 19.2 Å². The Hall–Kier alpha value is -2.61. The van der Waals surface area contributed by atoms with E-state index in [0.717, 1.165) is 17.1 Å². The number of nitrogens with one attached hydrogen (secondary N) is 2. The van der Waals surface area contributed by atoms with Gasteiger partial charge in [0.15, 0.2) is 5.17 Å². The average Bonchev–Trinajstić information content (AvgIpc) is 3.14. The molecule has 5 rings (SSSR count). The molecule has 2 N–H and O–H groups in total. The van der Waals surface area contributed by atoms with E-state index in [-0.39, 0.29) is 28.1 Å². The third-order valence-corrected chi connectivity index (χ3v) is 10.2. The number of amidine groups is 1. The standard InChI is InChI=1S/C21H23N5O5S3/c1-2-22-33(28,29)15-7-8-18-19(13-15)34(30,31)24-21(32-18)25-11-9-14(10-12-25)26-17-6-4-3-5-16(17)23-20(26)27/h3-8,13-14,22H,2,9-12H2,1H3,(H,23,27). The lowest BCUT2D eigenvalue weighted by Crippen LogP contribution is -2.40. The number of aromatic nitrogens is 2. The van der Waals surface area contributed by atoms with Gasteiger partial charge in [0.1, 0.15) is 4.90 Å². The number of thioether (sulfide) groups is 1. The maximum atomic E-state index is 12.9. The Bertz CT molecular complexity index is 1570. The fourth-order valence-electron chi connectivity index (χ4n) is 4.36. The number of sulfonamides is 2. The summed E-state index contributed by atoms with van der Waals surface area (Å²) in [6, 6.07) is 11.6. The first kappa shape index (κ1) is 23.1. The molecule has 3 aromatic rings. The molecule has 0 amide bonds. The smallest absolute Gasteiger partial charge is 0.326 e. The van der Waals surface area contributed by atoms with E-state index in [1.165, 1.54) is 23.9 Å². The third kappa shape index (κ3) is 4.06. The fraction of sp³-hybridized carbons (Fsp3) is 0.333. The van der Waals surface area contributed by atoms with Gasteiger partial charge in [0, 0.05) is 30.6 Å². The van der Waals surface area contributed by atoms with Crippen LogP contribution in [0.5, 0.6) is 0 Å². The van der Waals surface area contributed by atoms with E-state index in [4.69, 9.17) is 0 Å². The van der Waals surface area contributed by atoms with Crippen LogP contribution in [0.1, 0.15) is 25.8 Å². The van der Waals surface area contributed by atoms with Crippen LogP contribution >= 0.6 is 11.8 Å². The highest BCUT2D eigenvalue weighted by atomic mass is 32.2. The Balaban J connectivity index is 1.37. The lowest BCUT2D eigenvalue weighted by atomic mass is 10.1. The molecule has 0 atom stereocenters. The number of rotatable bonds is 4. The summed E-state index contributed by atoms with van der Waals surface area (Å²) in [6.07, 6.45) is 1.32. The van der Waals surface area contributed by atoms with Gasteiger partial charge in [-0.1, -0.05) is 19.1 Å². The Morgan fingerprint density at radius 1 is 1.18 bits per heavy atom. The second-order valence-corrected chi connectivity index (χ2v) is 12.4. The molecule has 10 nitrogen and oxygen atoms in total. The highest BCUT2D eigenvalue weighted by Gasteiger charge is 2.32. The Kier molecular flexibility index (Phi) is 5.82. The number of imidazole rings is 1. The van der Waals surface area contributed by atoms with Gasteiger partial charge in [-0.2, -0.15) is 8.42 Å². The van der Waals surface area contributed by atoms with Crippen LogP contribution in [0.15, 0.2) is 66.3 Å². The molecule has 1 aromatic heterocycles. The van der Waals surface area contributed by atoms with Crippen molar-refractivity contribution in [1.29, 1.82) is 0 Å². The van der Waals surface area contributed by atoms with Crippen LogP contribution in [-0.2, 0) is 20.0 Å². The number of benzene rings is 2. The Labute approximate surface area is 201 Å². The highest BCUT2D eigenvalue weighted by molar-refractivity contribution is 8.15. The number of piperidine rings is 1. The third-order valence-electron chi connectivity index (χ3n) is 5.96. The summed E-state index contributed by atoms with van der Waals surface area (Å²) in [5.41, 5.74) is 1.50. The molecular weight excluding hydrogens is 498 g/mol. The summed E-state index contributed by atoms with van der Waals surface area (Å²) in [5.74, 6) is 0. The zero-order valence-corrected chi connectivity index (χ0v) is 20.7. The van der Waals surface area contributed by atoms with E-state index in [9.17, 15) is 21.6 Å². The van der Waals surface area contributed by atoms with Crippen molar-refractivity contribution in [3.63, 3.8) is 0 Å². The largest absolute Gasteiger partial charge is 0.350 e. The first-order valence-electron chi connectivity index (χ1n) is 10.8. The summed E-state index contributed by atoms with van der Waals surface area (Å²) in [4.78, 5) is 17.5. The first-order chi connectivity index (χ1) is 16.2.